The van der Waals surface area contributed by atoms with Gasteiger partial charge >= 0.3 is 0 Å². The summed E-state index contributed by atoms with van der Waals surface area (Å²) in [6.45, 7) is 1.18. The number of nitrogens with two attached hydrogens (primary N) is 1. The first-order valence-electron chi connectivity index (χ1n) is 3.78. The van der Waals surface area contributed by atoms with Crippen LogP contribution in [0.1, 0.15) is 17.7 Å². The summed E-state index contributed by atoms with van der Waals surface area (Å²) in [5.74, 6) is 0. The molecule has 1 rings (SSSR count). The van der Waals surface area contributed by atoms with Crippen molar-refractivity contribution in [3.63, 3.8) is 0 Å². The van der Waals surface area contributed by atoms with Crippen molar-refractivity contribution >= 4 is 10.0 Å². The van der Waals surface area contributed by atoms with Gasteiger partial charge < -0.3 is 4.98 Å². The minimum Gasteiger partial charge on any atom is -0.348 e. The van der Waals surface area contributed by atoms with Gasteiger partial charge in [0.25, 0.3) is 16.4 Å². The molecule has 8 heteroatoms. The van der Waals surface area contributed by atoms with Crippen LogP contribution < -0.4 is 10.6 Å². The van der Waals surface area contributed by atoms with Crippen LogP contribution in [-0.4, -0.2) is 13.4 Å². The van der Waals surface area contributed by atoms with E-state index in [1.54, 1.807) is 0 Å². The van der Waals surface area contributed by atoms with Crippen molar-refractivity contribution in [3.8, 4) is 0 Å². The Kier molecular flexibility index (Phi) is 2.91. The molecule has 3 N–H and O–H groups in total. The maximum absolute atomic E-state index is 12.3. The fourth-order valence-corrected chi connectivity index (χ4v) is 1.66. The Bertz CT molecular complexity index is 536. The lowest BCUT2D eigenvalue weighted by Gasteiger charge is -2.05. The van der Waals surface area contributed by atoms with Crippen LogP contribution in [0.2, 0.25) is 0 Å². The van der Waals surface area contributed by atoms with Gasteiger partial charge in [0, 0.05) is 11.8 Å². The molecule has 0 atom stereocenters. The summed E-state index contributed by atoms with van der Waals surface area (Å²) in [5, 5.41) is 4.16. The second-order valence-corrected chi connectivity index (χ2v) is 4.41. The number of rotatable bonds is 2. The SMILES string of the molecule is Cc1[nH]c(S(N)(=O)=O)cc(=O)c1C(F)F. The number of aryl methyl sites for hydroxylation is 1. The normalized spacial score (nSPS) is 12.1. The van der Waals surface area contributed by atoms with E-state index in [1.807, 2.05) is 0 Å². The van der Waals surface area contributed by atoms with Gasteiger partial charge in [0.1, 0.15) is 0 Å². The average molecular weight is 238 g/mol. The molecule has 0 saturated heterocycles. The number of nitrogens with one attached hydrogen (secondary N) is 1. The van der Waals surface area contributed by atoms with Crippen molar-refractivity contribution in [2.24, 2.45) is 5.14 Å². The predicted octanol–water partition coefficient (Wildman–Crippen LogP) is 0.268. The standard InChI is InChI=1S/C7H8F2N2O3S/c1-3-6(7(8)9)4(12)2-5(11-3)15(10,13)14/h2,7H,1H3,(H,11,12)(H2,10,13,14). The second-order valence-electron chi connectivity index (χ2n) is 2.88. The van der Waals surface area contributed by atoms with Crippen LogP contribution in [0, 0.1) is 6.92 Å². The van der Waals surface area contributed by atoms with Crippen molar-refractivity contribution in [2.45, 2.75) is 18.4 Å². The quantitative estimate of drug-likeness (QED) is 0.774. The molecular weight excluding hydrogens is 230 g/mol. The minimum atomic E-state index is -4.09. The molecule has 0 aromatic carbocycles. The predicted molar refractivity (Wildman–Crippen MR) is 48.1 cm³/mol. The average Bonchev–Trinajstić information content (AvgIpc) is 1.99. The van der Waals surface area contributed by atoms with E-state index in [0.29, 0.717) is 6.07 Å². The number of halogens is 2. The van der Waals surface area contributed by atoms with Gasteiger partial charge in [0.15, 0.2) is 10.5 Å². The monoisotopic (exact) mass is 238 g/mol. The summed E-state index contributed by atoms with van der Waals surface area (Å²) >= 11 is 0. The highest BCUT2D eigenvalue weighted by Gasteiger charge is 2.19. The van der Waals surface area contributed by atoms with Gasteiger partial charge in [-0.25, -0.2) is 22.3 Å². The summed E-state index contributed by atoms with van der Waals surface area (Å²) < 4.78 is 46.3. The van der Waals surface area contributed by atoms with Gasteiger partial charge in [-0.2, -0.15) is 0 Å². The molecule has 1 heterocycles. The van der Waals surface area contributed by atoms with E-state index in [4.69, 9.17) is 5.14 Å². The first kappa shape index (κ1) is 11.8. The molecule has 1 aromatic heterocycles. The maximum atomic E-state index is 12.3. The summed E-state index contributed by atoms with van der Waals surface area (Å²) in [6, 6.07) is 0.545. The van der Waals surface area contributed by atoms with E-state index >= 15 is 0 Å². The van der Waals surface area contributed by atoms with Crippen molar-refractivity contribution < 1.29 is 17.2 Å². The van der Waals surface area contributed by atoms with Crippen LogP contribution in [0.4, 0.5) is 8.78 Å². The molecule has 1 aromatic rings. The van der Waals surface area contributed by atoms with Gasteiger partial charge in [0.2, 0.25) is 0 Å². The Morgan fingerprint density at radius 1 is 1.47 bits per heavy atom. The van der Waals surface area contributed by atoms with E-state index in [-0.39, 0.29) is 5.69 Å². The van der Waals surface area contributed by atoms with Crippen LogP contribution in [0.5, 0.6) is 0 Å². The van der Waals surface area contributed by atoms with E-state index in [2.05, 4.69) is 4.98 Å². The highest BCUT2D eigenvalue weighted by Crippen LogP contribution is 2.18. The van der Waals surface area contributed by atoms with Crippen molar-refractivity contribution in [1.29, 1.82) is 0 Å². The van der Waals surface area contributed by atoms with Gasteiger partial charge in [-0.15, -0.1) is 0 Å². The summed E-state index contributed by atoms with van der Waals surface area (Å²) in [6.07, 6.45) is -2.96. The summed E-state index contributed by atoms with van der Waals surface area (Å²) in [5.41, 5.74) is -2.01. The Hall–Kier alpha value is -1.28. The van der Waals surface area contributed by atoms with Gasteiger partial charge in [-0.3, -0.25) is 4.79 Å². The highest BCUT2D eigenvalue weighted by atomic mass is 32.2. The number of pyridine rings is 1. The Morgan fingerprint density at radius 2 is 2.00 bits per heavy atom. The van der Waals surface area contributed by atoms with Gasteiger partial charge in [-0.05, 0) is 6.92 Å². The third-order valence-electron chi connectivity index (χ3n) is 1.77. The molecule has 0 fully saturated rings. The first-order valence-corrected chi connectivity index (χ1v) is 5.33. The molecule has 0 unspecified atom stereocenters. The van der Waals surface area contributed by atoms with Crippen LogP contribution >= 0.6 is 0 Å². The molecule has 0 aliphatic rings. The topological polar surface area (TPSA) is 93.0 Å². The molecule has 15 heavy (non-hydrogen) atoms. The van der Waals surface area contributed by atoms with Crippen LogP contribution in [0.15, 0.2) is 15.9 Å². The fourth-order valence-electron chi connectivity index (χ4n) is 1.09. The number of primary sulfonamides is 1. The molecule has 0 aliphatic heterocycles. The smallest absolute Gasteiger partial charge is 0.269 e. The van der Waals surface area contributed by atoms with E-state index in [0.717, 1.165) is 0 Å². The molecule has 0 amide bonds. The number of sulfonamides is 1. The third-order valence-corrected chi connectivity index (χ3v) is 2.60. The largest absolute Gasteiger partial charge is 0.348 e. The second kappa shape index (κ2) is 3.70. The van der Waals surface area contributed by atoms with Crippen molar-refractivity contribution in [3.05, 3.63) is 27.5 Å². The van der Waals surface area contributed by atoms with Crippen LogP contribution in [-0.2, 0) is 10.0 Å². The zero-order valence-electron chi connectivity index (χ0n) is 7.62. The third kappa shape index (κ3) is 2.39. The molecule has 5 nitrogen and oxygen atoms in total. The lowest BCUT2D eigenvalue weighted by atomic mass is 10.2. The minimum absolute atomic E-state index is 0.207. The lowest BCUT2D eigenvalue weighted by molar-refractivity contribution is 0.148. The molecule has 0 bridgehead atoms. The Labute approximate surface area is 84.0 Å². The number of H-pyrrole nitrogens is 1. The van der Waals surface area contributed by atoms with Gasteiger partial charge in [-0.1, -0.05) is 0 Å². The molecule has 0 aliphatic carbocycles. The Balaban J connectivity index is 3.53. The van der Waals surface area contributed by atoms with Crippen LogP contribution in [0.3, 0.4) is 0 Å². The molecule has 0 saturated carbocycles. The molecular formula is C7H8F2N2O3S. The number of alkyl halides is 2. The molecule has 0 spiro atoms. The summed E-state index contributed by atoms with van der Waals surface area (Å²) in [4.78, 5) is 13.3. The zero-order valence-corrected chi connectivity index (χ0v) is 8.44. The number of hydrogen-bond donors (Lipinski definition) is 2. The maximum Gasteiger partial charge on any atom is 0.269 e. The molecule has 0 radical (unpaired) electrons. The fraction of sp³-hybridized carbons (Fsp3) is 0.286. The number of aromatic amines is 1. The Morgan fingerprint density at radius 3 is 2.33 bits per heavy atom. The van der Waals surface area contributed by atoms with Gasteiger partial charge in [0.05, 0.1) is 5.56 Å². The number of aromatic nitrogens is 1. The lowest BCUT2D eigenvalue weighted by Crippen LogP contribution is -2.20. The highest BCUT2D eigenvalue weighted by molar-refractivity contribution is 7.89. The van der Waals surface area contributed by atoms with E-state index < -0.39 is 32.5 Å². The molecule has 84 valence electrons. The zero-order chi connectivity index (χ0) is 11.8. The first-order chi connectivity index (χ1) is 6.73. The van der Waals surface area contributed by atoms with E-state index in [1.165, 1.54) is 6.92 Å². The number of hydrogen-bond acceptors (Lipinski definition) is 3. The van der Waals surface area contributed by atoms with Crippen LogP contribution in [0.25, 0.3) is 0 Å². The van der Waals surface area contributed by atoms with Crippen molar-refractivity contribution in [1.82, 2.24) is 4.98 Å². The van der Waals surface area contributed by atoms with E-state index in [9.17, 15) is 22.0 Å². The van der Waals surface area contributed by atoms with Crippen molar-refractivity contribution in [2.75, 3.05) is 0 Å². The summed E-state index contributed by atoms with van der Waals surface area (Å²) in [7, 11) is -4.09.